The number of carboxylic acids is 1. The second-order valence-corrected chi connectivity index (χ2v) is 6.20. The molecule has 134 valence electrons. The normalized spacial score (nSPS) is 12.1. The van der Waals surface area contributed by atoms with Crippen molar-refractivity contribution in [3.63, 3.8) is 0 Å². The van der Waals surface area contributed by atoms with Gasteiger partial charge in [-0.05, 0) is 37.1 Å². The number of aliphatic carboxylic acids is 1. The standard InChI is InChI=1S/C18H19N5O3/c1-11(9-16(24)25)10-20-18(26)17-12(2)23(22-21-17)15-7-3-6-14-13(15)5-4-8-19-14/h3-8,11H,9-10H2,1-2H3,(H,20,26)(H,24,25). The second kappa shape index (κ2) is 7.30. The van der Waals surface area contributed by atoms with Crippen LogP contribution in [0.15, 0.2) is 36.5 Å². The first-order valence-electron chi connectivity index (χ1n) is 8.23. The van der Waals surface area contributed by atoms with Crippen LogP contribution in [0.5, 0.6) is 0 Å². The van der Waals surface area contributed by atoms with E-state index in [0.717, 1.165) is 16.6 Å². The first-order chi connectivity index (χ1) is 12.5. The van der Waals surface area contributed by atoms with Crippen molar-refractivity contribution >= 4 is 22.8 Å². The third kappa shape index (κ3) is 3.53. The molecule has 0 aliphatic heterocycles. The predicted molar refractivity (Wildman–Crippen MR) is 95.1 cm³/mol. The highest BCUT2D eigenvalue weighted by molar-refractivity contribution is 5.94. The number of hydrogen-bond acceptors (Lipinski definition) is 5. The molecule has 0 aliphatic rings. The average Bonchev–Trinajstić information content (AvgIpc) is 3.00. The van der Waals surface area contributed by atoms with Crippen molar-refractivity contribution in [1.29, 1.82) is 0 Å². The van der Waals surface area contributed by atoms with Crippen LogP contribution in [0.4, 0.5) is 0 Å². The van der Waals surface area contributed by atoms with Crippen molar-refractivity contribution < 1.29 is 14.7 Å². The van der Waals surface area contributed by atoms with E-state index < -0.39 is 5.97 Å². The summed E-state index contributed by atoms with van der Waals surface area (Å²) in [5, 5.41) is 20.5. The van der Waals surface area contributed by atoms with Crippen molar-refractivity contribution in [1.82, 2.24) is 25.3 Å². The van der Waals surface area contributed by atoms with Gasteiger partial charge in [-0.25, -0.2) is 4.68 Å². The molecule has 0 bridgehead atoms. The maximum absolute atomic E-state index is 12.4. The first kappa shape index (κ1) is 17.5. The molecule has 0 aliphatic carbocycles. The maximum atomic E-state index is 12.4. The lowest BCUT2D eigenvalue weighted by molar-refractivity contribution is -0.137. The van der Waals surface area contributed by atoms with Crippen LogP contribution in [0.25, 0.3) is 16.6 Å². The number of pyridine rings is 1. The maximum Gasteiger partial charge on any atom is 0.303 e. The summed E-state index contributed by atoms with van der Waals surface area (Å²) in [7, 11) is 0. The average molecular weight is 353 g/mol. The number of carbonyl (C=O) groups is 2. The van der Waals surface area contributed by atoms with E-state index in [4.69, 9.17) is 5.11 Å². The summed E-state index contributed by atoms with van der Waals surface area (Å²) in [6, 6.07) is 9.45. The van der Waals surface area contributed by atoms with E-state index in [0.29, 0.717) is 5.69 Å². The summed E-state index contributed by atoms with van der Waals surface area (Å²) in [6.45, 7) is 3.79. The monoisotopic (exact) mass is 353 g/mol. The highest BCUT2D eigenvalue weighted by atomic mass is 16.4. The Labute approximate surface area is 149 Å². The Hall–Kier alpha value is -3.29. The predicted octanol–water partition coefficient (Wildman–Crippen LogP) is 1.96. The van der Waals surface area contributed by atoms with Crippen molar-refractivity contribution in [3.8, 4) is 5.69 Å². The van der Waals surface area contributed by atoms with Crippen LogP contribution in [0.2, 0.25) is 0 Å². The number of hydrogen-bond donors (Lipinski definition) is 2. The molecule has 8 nitrogen and oxygen atoms in total. The van der Waals surface area contributed by atoms with Gasteiger partial charge in [-0.2, -0.15) is 0 Å². The number of nitrogens with one attached hydrogen (secondary N) is 1. The van der Waals surface area contributed by atoms with Crippen LogP contribution in [0.1, 0.15) is 29.5 Å². The fourth-order valence-corrected chi connectivity index (χ4v) is 2.76. The SMILES string of the molecule is Cc1c(C(=O)NCC(C)CC(=O)O)nnn1-c1cccc2ncccc12. The quantitative estimate of drug-likeness (QED) is 0.701. The Balaban J connectivity index is 1.84. The molecule has 0 saturated carbocycles. The molecule has 0 fully saturated rings. The summed E-state index contributed by atoms with van der Waals surface area (Å²) >= 11 is 0. The summed E-state index contributed by atoms with van der Waals surface area (Å²) in [4.78, 5) is 27.4. The minimum absolute atomic E-state index is 0.00500. The molecule has 2 N–H and O–H groups in total. The summed E-state index contributed by atoms with van der Waals surface area (Å²) in [5.41, 5.74) is 2.44. The number of nitrogens with zero attached hydrogens (tertiary/aromatic N) is 4. The van der Waals surface area contributed by atoms with Crippen LogP contribution >= 0.6 is 0 Å². The smallest absolute Gasteiger partial charge is 0.303 e. The third-order valence-electron chi connectivity index (χ3n) is 4.09. The molecular weight excluding hydrogens is 334 g/mol. The summed E-state index contributed by atoms with van der Waals surface area (Å²) < 4.78 is 1.61. The highest BCUT2D eigenvalue weighted by Gasteiger charge is 2.19. The van der Waals surface area contributed by atoms with Crippen LogP contribution in [0.3, 0.4) is 0 Å². The van der Waals surface area contributed by atoms with Gasteiger partial charge < -0.3 is 10.4 Å². The fourth-order valence-electron chi connectivity index (χ4n) is 2.76. The van der Waals surface area contributed by atoms with Gasteiger partial charge in [0.15, 0.2) is 5.69 Å². The molecule has 0 spiro atoms. The van der Waals surface area contributed by atoms with E-state index in [1.54, 1.807) is 24.7 Å². The lowest BCUT2D eigenvalue weighted by atomic mass is 10.1. The summed E-state index contributed by atoms with van der Waals surface area (Å²) in [6.07, 6.45) is 1.71. The molecular formula is C18H19N5O3. The van der Waals surface area contributed by atoms with E-state index in [1.165, 1.54) is 0 Å². The van der Waals surface area contributed by atoms with Gasteiger partial charge in [-0.1, -0.05) is 18.2 Å². The molecule has 2 aromatic heterocycles. The zero-order chi connectivity index (χ0) is 18.7. The Morgan fingerprint density at radius 2 is 2.08 bits per heavy atom. The first-order valence-corrected chi connectivity index (χ1v) is 8.23. The van der Waals surface area contributed by atoms with Crippen LogP contribution in [0, 0.1) is 12.8 Å². The molecule has 1 unspecified atom stereocenters. The van der Waals surface area contributed by atoms with E-state index in [2.05, 4.69) is 20.6 Å². The van der Waals surface area contributed by atoms with E-state index in [9.17, 15) is 9.59 Å². The molecule has 3 aromatic rings. The lowest BCUT2D eigenvalue weighted by Crippen LogP contribution is -2.30. The second-order valence-electron chi connectivity index (χ2n) is 6.20. The van der Waals surface area contributed by atoms with Gasteiger partial charge in [0.25, 0.3) is 5.91 Å². The fraction of sp³-hybridized carbons (Fsp3) is 0.278. The number of aromatic nitrogens is 4. The highest BCUT2D eigenvalue weighted by Crippen LogP contribution is 2.21. The van der Waals surface area contributed by atoms with Gasteiger partial charge in [0.2, 0.25) is 0 Å². The van der Waals surface area contributed by atoms with Crippen molar-refractivity contribution in [2.75, 3.05) is 6.54 Å². The Bertz CT molecular complexity index is 961. The molecule has 1 aromatic carbocycles. The minimum Gasteiger partial charge on any atom is -0.481 e. The molecule has 1 atom stereocenters. The van der Waals surface area contributed by atoms with Crippen molar-refractivity contribution in [2.45, 2.75) is 20.3 Å². The molecule has 1 amide bonds. The minimum atomic E-state index is -0.890. The van der Waals surface area contributed by atoms with E-state index >= 15 is 0 Å². The number of amides is 1. The molecule has 3 rings (SSSR count). The molecule has 26 heavy (non-hydrogen) atoms. The number of benzene rings is 1. The number of rotatable bonds is 6. The number of carboxylic acid groups (broad SMARTS) is 1. The van der Waals surface area contributed by atoms with Crippen molar-refractivity contribution in [2.24, 2.45) is 5.92 Å². The van der Waals surface area contributed by atoms with Crippen molar-refractivity contribution in [3.05, 3.63) is 47.9 Å². The Kier molecular flexibility index (Phi) is 4.92. The molecule has 8 heteroatoms. The molecule has 2 heterocycles. The third-order valence-corrected chi connectivity index (χ3v) is 4.09. The van der Waals surface area contributed by atoms with Crippen LogP contribution < -0.4 is 5.32 Å². The molecule has 0 saturated heterocycles. The Morgan fingerprint density at radius 1 is 1.27 bits per heavy atom. The number of carbonyl (C=O) groups excluding carboxylic acids is 1. The van der Waals surface area contributed by atoms with Crippen LogP contribution in [-0.4, -0.2) is 43.5 Å². The van der Waals surface area contributed by atoms with E-state index in [1.807, 2.05) is 30.3 Å². The van der Waals surface area contributed by atoms with Gasteiger partial charge in [0, 0.05) is 24.5 Å². The zero-order valence-corrected chi connectivity index (χ0v) is 14.5. The molecule has 0 radical (unpaired) electrons. The van der Waals surface area contributed by atoms with Gasteiger partial charge in [0.1, 0.15) is 0 Å². The lowest BCUT2D eigenvalue weighted by Gasteiger charge is -2.10. The topological polar surface area (TPSA) is 110 Å². The zero-order valence-electron chi connectivity index (χ0n) is 14.5. The van der Waals surface area contributed by atoms with Gasteiger partial charge in [0.05, 0.1) is 16.9 Å². The largest absolute Gasteiger partial charge is 0.481 e. The number of fused-ring (bicyclic) bond motifs is 1. The summed E-state index contributed by atoms with van der Waals surface area (Å²) in [5.74, 6) is -1.43. The van der Waals surface area contributed by atoms with Gasteiger partial charge in [-0.15, -0.1) is 5.10 Å². The van der Waals surface area contributed by atoms with Gasteiger partial charge >= 0.3 is 5.97 Å². The van der Waals surface area contributed by atoms with Gasteiger partial charge in [-0.3, -0.25) is 14.6 Å². The Morgan fingerprint density at radius 3 is 2.85 bits per heavy atom. The van der Waals surface area contributed by atoms with Crippen LogP contribution in [-0.2, 0) is 4.79 Å². The van der Waals surface area contributed by atoms with E-state index in [-0.39, 0.29) is 30.5 Å².